The number of carbonyl (C=O) groups is 2. The second-order valence-corrected chi connectivity index (χ2v) is 10.1. The molecule has 4 rings (SSSR count). The first-order valence-corrected chi connectivity index (χ1v) is 12.9. The lowest BCUT2D eigenvalue weighted by molar-refractivity contribution is -0.00628. The standard InChI is InChI=1S/C29H34F2O4/c1-2-3-4-5-19-6-7-22-17-25(14-10-21(22)16-19)35-28(32)20-8-12-24(13-9-20)34-29(33)26-15-11-23(30)18-27(26)31/h8-9,11-13,15,18-19,21-22,25H,2-7,10,14,16-17H2,1H3/t19-,21-,22-,25-/m1/s1. The van der Waals surface area contributed by atoms with Crippen molar-refractivity contribution < 1.29 is 27.8 Å². The molecule has 4 nitrogen and oxygen atoms in total. The number of carbonyl (C=O) groups excluding carboxylic acids is 2. The molecule has 0 unspecified atom stereocenters. The third-order valence-electron chi connectivity index (χ3n) is 7.61. The number of rotatable bonds is 8. The van der Waals surface area contributed by atoms with Gasteiger partial charge in [-0.2, -0.15) is 0 Å². The summed E-state index contributed by atoms with van der Waals surface area (Å²) in [5.74, 6) is -0.636. The van der Waals surface area contributed by atoms with Crippen LogP contribution in [-0.4, -0.2) is 18.0 Å². The molecule has 0 aliphatic heterocycles. The van der Waals surface area contributed by atoms with E-state index in [-0.39, 0.29) is 23.4 Å². The predicted molar refractivity (Wildman–Crippen MR) is 129 cm³/mol. The van der Waals surface area contributed by atoms with Gasteiger partial charge in [-0.15, -0.1) is 0 Å². The van der Waals surface area contributed by atoms with Gasteiger partial charge in [-0.3, -0.25) is 0 Å². The monoisotopic (exact) mass is 484 g/mol. The number of hydrogen-bond acceptors (Lipinski definition) is 4. The van der Waals surface area contributed by atoms with E-state index in [1.807, 2.05) is 0 Å². The number of fused-ring (bicyclic) bond motifs is 1. The number of esters is 2. The zero-order valence-corrected chi connectivity index (χ0v) is 20.3. The quantitative estimate of drug-likeness (QED) is 0.221. The third-order valence-corrected chi connectivity index (χ3v) is 7.61. The Morgan fingerprint density at radius 1 is 0.886 bits per heavy atom. The molecule has 0 bridgehead atoms. The van der Waals surface area contributed by atoms with Gasteiger partial charge in [0, 0.05) is 6.07 Å². The highest BCUT2D eigenvalue weighted by Crippen LogP contribution is 2.44. The molecule has 0 radical (unpaired) electrons. The van der Waals surface area contributed by atoms with Crippen molar-refractivity contribution in [2.24, 2.45) is 17.8 Å². The van der Waals surface area contributed by atoms with Gasteiger partial charge < -0.3 is 9.47 Å². The molecule has 6 heteroatoms. The zero-order chi connectivity index (χ0) is 24.8. The van der Waals surface area contributed by atoms with Crippen molar-refractivity contribution in [3.8, 4) is 5.75 Å². The van der Waals surface area contributed by atoms with Gasteiger partial charge in [-0.1, -0.05) is 39.0 Å². The molecule has 0 spiro atoms. The van der Waals surface area contributed by atoms with Crippen LogP contribution in [-0.2, 0) is 4.74 Å². The number of benzene rings is 2. The molecule has 2 aliphatic carbocycles. The Kier molecular flexibility index (Phi) is 8.53. The van der Waals surface area contributed by atoms with Gasteiger partial charge in [-0.25, -0.2) is 18.4 Å². The van der Waals surface area contributed by atoms with Crippen molar-refractivity contribution in [1.82, 2.24) is 0 Å². The summed E-state index contributed by atoms with van der Waals surface area (Å²) in [4.78, 5) is 24.8. The summed E-state index contributed by atoms with van der Waals surface area (Å²) in [5.41, 5.74) is 0.0139. The largest absolute Gasteiger partial charge is 0.459 e. The Morgan fingerprint density at radius 3 is 2.37 bits per heavy atom. The highest BCUT2D eigenvalue weighted by Gasteiger charge is 2.36. The molecule has 35 heavy (non-hydrogen) atoms. The molecule has 188 valence electrons. The van der Waals surface area contributed by atoms with E-state index in [4.69, 9.17) is 9.47 Å². The van der Waals surface area contributed by atoms with Gasteiger partial charge in [0.05, 0.1) is 11.1 Å². The minimum absolute atomic E-state index is 0.0562. The van der Waals surface area contributed by atoms with Crippen LogP contribution < -0.4 is 4.74 Å². The van der Waals surface area contributed by atoms with Crippen molar-refractivity contribution in [2.45, 2.75) is 77.2 Å². The first-order chi connectivity index (χ1) is 16.9. The molecule has 0 amide bonds. The van der Waals surface area contributed by atoms with Crippen LogP contribution in [0.15, 0.2) is 42.5 Å². The Bertz CT molecular complexity index is 1020. The first kappa shape index (κ1) is 25.3. The van der Waals surface area contributed by atoms with Gasteiger partial charge in [0.25, 0.3) is 0 Å². The maximum absolute atomic E-state index is 13.8. The SMILES string of the molecule is CCCCC[C@@H]1CC[C@@H]2C[C@H](OC(=O)c3ccc(OC(=O)c4ccc(F)cc4F)cc3)CC[C@@H]2C1. The lowest BCUT2D eigenvalue weighted by atomic mass is 9.66. The van der Waals surface area contributed by atoms with Crippen molar-refractivity contribution in [1.29, 1.82) is 0 Å². The van der Waals surface area contributed by atoms with Crippen LogP contribution in [0, 0.1) is 29.4 Å². The molecule has 0 saturated heterocycles. The lowest BCUT2D eigenvalue weighted by Gasteiger charge is -2.42. The number of ether oxygens (including phenoxy) is 2. The van der Waals surface area contributed by atoms with Gasteiger partial charge in [0.15, 0.2) is 0 Å². The van der Waals surface area contributed by atoms with E-state index in [1.54, 1.807) is 0 Å². The van der Waals surface area contributed by atoms with Crippen molar-refractivity contribution in [2.75, 3.05) is 0 Å². The Morgan fingerprint density at radius 2 is 1.63 bits per heavy atom. The van der Waals surface area contributed by atoms with E-state index in [2.05, 4.69) is 6.92 Å². The van der Waals surface area contributed by atoms with Crippen LogP contribution in [0.5, 0.6) is 5.75 Å². The van der Waals surface area contributed by atoms with E-state index in [9.17, 15) is 18.4 Å². The molecule has 2 fully saturated rings. The maximum Gasteiger partial charge on any atom is 0.346 e. The smallest absolute Gasteiger partial charge is 0.346 e. The minimum atomic E-state index is -0.991. The molecule has 2 aromatic carbocycles. The summed E-state index contributed by atoms with van der Waals surface area (Å²) >= 11 is 0. The summed E-state index contributed by atoms with van der Waals surface area (Å²) in [6.07, 6.45) is 12.1. The highest BCUT2D eigenvalue weighted by molar-refractivity contribution is 5.92. The molecular formula is C29H34F2O4. The fraction of sp³-hybridized carbons (Fsp3) is 0.517. The van der Waals surface area contributed by atoms with Gasteiger partial charge in [-0.05, 0) is 86.3 Å². The van der Waals surface area contributed by atoms with Crippen molar-refractivity contribution >= 4 is 11.9 Å². The fourth-order valence-corrected chi connectivity index (χ4v) is 5.69. The summed E-state index contributed by atoms with van der Waals surface area (Å²) in [7, 11) is 0. The summed E-state index contributed by atoms with van der Waals surface area (Å²) in [5, 5.41) is 0. The van der Waals surface area contributed by atoms with Crippen LogP contribution in [0.1, 0.15) is 91.8 Å². The summed E-state index contributed by atoms with van der Waals surface area (Å²) in [6.45, 7) is 2.25. The highest BCUT2D eigenvalue weighted by atomic mass is 19.1. The van der Waals surface area contributed by atoms with Gasteiger partial charge >= 0.3 is 11.9 Å². The molecule has 0 heterocycles. The molecule has 4 atom stereocenters. The van der Waals surface area contributed by atoms with Crippen LogP contribution in [0.2, 0.25) is 0 Å². The minimum Gasteiger partial charge on any atom is -0.459 e. The fourth-order valence-electron chi connectivity index (χ4n) is 5.69. The van der Waals surface area contributed by atoms with E-state index < -0.39 is 17.6 Å². The van der Waals surface area contributed by atoms with E-state index >= 15 is 0 Å². The number of unbranched alkanes of at least 4 members (excludes halogenated alkanes) is 2. The zero-order valence-electron chi connectivity index (χ0n) is 20.3. The molecule has 2 aliphatic rings. The van der Waals surface area contributed by atoms with Crippen LogP contribution in [0.4, 0.5) is 8.78 Å². The molecule has 0 N–H and O–H groups in total. The van der Waals surface area contributed by atoms with E-state index in [1.165, 1.54) is 69.2 Å². The van der Waals surface area contributed by atoms with Crippen LogP contribution in [0.3, 0.4) is 0 Å². The lowest BCUT2D eigenvalue weighted by Crippen LogP contribution is -2.35. The topological polar surface area (TPSA) is 52.6 Å². The average molecular weight is 485 g/mol. The van der Waals surface area contributed by atoms with Gasteiger partial charge in [0.2, 0.25) is 0 Å². The summed E-state index contributed by atoms with van der Waals surface area (Å²) < 4.78 is 37.8. The van der Waals surface area contributed by atoms with E-state index in [0.717, 1.165) is 43.2 Å². The number of hydrogen-bond donors (Lipinski definition) is 0. The van der Waals surface area contributed by atoms with Crippen LogP contribution in [0.25, 0.3) is 0 Å². The third kappa shape index (κ3) is 6.68. The van der Waals surface area contributed by atoms with Crippen molar-refractivity contribution in [3.05, 3.63) is 65.2 Å². The Labute approximate surface area is 206 Å². The van der Waals surface area contributed by atoms with Gasteiger partial charge in [0.1, 0.15) is 23.5 Å². The molecule has 2 saturated carbocycles. The Hall–Kier alpha value is -2.76. The normalized spacial score (nSPS) is 23.9. The van der Waals surface area contributed by atoms with Crippen LogP contribution >= 0.6 is 0 Å². The second-order valence-electron chi connectivity index (χ2n) is 10.1. The predicted octanol–water partition coefficient (Wildman–Crippen LogP) is 7.51. The summed E-state index contributed by atoms with van der Waals surface area (Å²) in [6, 6.07) is 8.64. The molecular weight excluding hydrogens is 450 g/mol. The van der Waals surface area contributed by atoms with E-state index in [0.29, 0.717) is 17.5 Å². The average Bonchev–Trinajstić information content (AvgIpc) is 2.84. The first-order valence-electron chi connectivity index (χ1n) is 12.9. The number of halogens is 2. The maximum atomic E-state index is 13.8. The van der Waals surface area contributed by atoms with Crippen molar-refractivity contribution in [3.63, 3.8) is 0 Å². The molecule has 0 aromatic heterocycles. The second kappa shape index (κ2) is 11.8. The Balaban J connectivity index is 1.26. The molecule has 2 aromatic rings.